The lowest BCUT2D eigenvalue weighted by molar-refractivity contribution is -0.443. The van der Waals surface area contributed by atoms with Crippen LogP contribution in [0.3, 0.4) is 0 Å². The first kappa shape index (κ1) is 8.79. The van der Waals surface area contributed by atoms with E-state index >= 15 is 0 Å². The second-order valence-electron chi connectivity index (χ2n) is 1.65. The Labute approximate surface area is 55.9 Å². The predicted molar refractivity (Wildman–Crippen MR) is 26.0 cm³/mol. The topological polar surface area (TPSA) is 121 Å². The van der Waals surface area contributed by atoms with Crippen molar-refractivity contribution in [2.45, 2.75) is 6.04 Å². The van der Waals surface area contributed by atoms with E-state index in [0.717, 1.165) is 0 Å². The van der Waals surface area contributed by atoms with Crippen molar-refractivity contribution in [1.29, 1.82) is 0 Å². The summed E-state index contributed by atoms with van der Waals surface area (Å²) >= 11 is 0. The van der Waals surface area contributed by atoms with Gasteiger partial charge in [0.1, 0.15) is 18.6 Å². The zero-order valence-electron chi connectivity index (χ0n) is 5.06. The number of rotatable bonds is 4. The molecule has 0 aliphatic heterocycles. The third kappa shape index (κ3) is 2.95. The van der Waals surface area contributed by atoms with Gasteiger partial charge >= 0.3 is 0 Å². The molecule has 58 valence electrons. The van der Waals surface area contributed by atoms with Crippen molar-refractivity contribution in [3.05, 3.63) is 4.91 Å². The standard InChI is InChI=1S/C3H7N3O4/c4-2(3(7)8)1-6(10)5-9/h2,10H,1,4H2,(H,7,8). The van der Waals surface area contributed by atoms with Gasteiger partial charge in [0.05, 0.1) is 5.29 Å². The van der Waals surface area contributed by atoms with Gasteiger partial charge in [0, 0.05) is 0 Å². The van der Waals surface area contributed by atoms with E-state index in [-0.39, 0.29) is 5.17 Å². The van der Waals surface area contributed by atoms with Crippen molar-refractivity contribution in [2.24, 2.45) is 5.29 Å². The number of nitrogens with zero attached hydrogens (tertiary/aromatic N) is 2. The number of hydrogen-bond donors (Lipinski definition) is 2. The molecule has 7 nitrogen and oxygen atoms in total. The number of nitroso groups, excluding NO2 is 1. The summed E-state index contributed by atoms with van der Waals surface area (Å²) in [7, 11) is 0. The Bertz CT molecular complexity index is 138. The molecule has 0 rings (SSSR count). The SMILES string of the molecule is [NH3+]C(CN(O)N=O)C(=O)[O-]. The molecule has 1 unspecified atom stereocenters. The number of quaternary nitrogens is 1. The third-order valence-corrected chi connectivity index (χ3v) is 0.811. The highest BCUT2D eigenvalue weighted by Gasteiger charge is 2.11. The smallest absolute Gasteiger partial charge is 0.147 e. The second-order valence-corrected chi connectivity index (χ2v) is 1.65. The Kier molecular flexibility index (Phi) is 3.29. The van der Waals surface area contributed by atoms with Crippen molar-refractivity contribution >= 4 is 5.97 Å². The maximum absolute atomic E-state index is 9.90. The quantitative estimate of drug-likeness (QED) is 0.320. The van der Waals surface area contributed by atoms with E-state index in [1.54, 1.807) is 0 Å². The van der Waals surface area contributed by atoms with Crippen molar-refractivity contribution in [3.63, 3.8) is 0 Å². The van der Waals surface area contributed by atoms with Crippen LogP contribution in [-0.4, -0.2) is 28.9 Å². The molecule has 0 fully saturated rings. The first-order valence-corrected chi connectivity index (χ1v) is 2.41. The Morgan fingerprint density at radius 3 is 2.70 bits per heavy atom. The lowest BCUT2D eigenvalue weighted by Crippen LogP contribution is -2.71. The predicted octanol–water partition coefficient (Wildman–Crippen LogP) is -3.28. The number of hydrogen-bond acceptors (Lipinski definition) is 5. The van der Waals surface area contributed by atoms with Gasteiger partial charge in [-0.3, -0.25) is 5.21 Å². The highest BCUT2D eigenvalue weighted by molar-refractivity contribution is 5.69. The summed E-state index contributed by atoms with van der Waals surface area (Å²) in [6.07, 6.45) is 0. The number of carbonyl (C=O) groups is 1. The van der Waals surface area contributed by atoms with Crippen LogP contribution >= 0.6 is 0 Å². The third-order valence-electron chi connectivity index (χ3n) is 0.811. The minimum Gasteiger partial charge on any atom is -0.544 e. The van der Waals surface area contributed by atoms with Gasteiger partial charge in [-0.05, 0) is 0 Å². The minimum atomic E-state index is -1.44. The molecule has 0 aliphatic rings. The lowest BCUT2D eigenvalue weighted by atomic mass is 10.3. The first-order chi connectivity index (χ1) is 4.57. The molecule has 0 heterocycles. The van der Waals surface area contributed by atoms with E-state index in [1.165, 1.54) is 0 Å². The molecule has 7 heteroatoms. The minimum absolute atomic E-state index is 0.0481. The average Bonchev–Trinajstić information content (AvgIpc) is 1.87. The zero-order valence-corrected chi connectivity index (χ0v) is 5.06. The molecule has 0 aromatic rings. The highest BCUT2D eigenvalue weighted by Crippen LogP contribution is 1.82. The van der Waals surface area contributed by atoms with E-state index in [4.69, 9.17) is 5.21 Å². The second kappa shape index (κ2) is 3.75. The monoisotopic (exact) mass is 149 g/mol. The summed E-state index contributed by atoms with van der Waals surface area (Å²) in [6, 6.07) is -1.16. The van der Waals surface area contributed by atoms with Crippen molar-refractivity contribution in [2.75, 3.05) is 6.54 Å². The molecule has 0 saturated carbocycles. The number of aliphatic carboxylic acids is 1. The fourth-order valence-electron chi connectivity index (χ4n) is 0.305. The van der Waals surface area contributed by atoms with Crippen molar-refractivity contribution in [1.82, 2.24) is 5.17 Å². The number of carboxylic acids is 1. The Balaban J connectivity index is 3.67. The molecule has 10 heavy (non-hydrogen) atoms. The van der Waals surface area contributed by atoms with Gasteiger partial charge in [0.25, 0.3) is 0 Å². The first-order valence-electron chi connectivity index (χ1n) is 2.41. The van der Waals surface area contributed by atoms with E-state index in [0.29, 0.717) is 0 Å². The molecule has 0 spiro atoms. The van der Waals surface area contributed by atoms with E-state index in [2.05, 4.69) is 5.73 Å². The van der Waals surface area contributed by atoms with Gasteiger partial charge in [0.2, 0.25) is 0 Å². The Hall–Kier alpha value is -1.21. The van der Waals surface area contributed by atoms with Gasteiger partial charge in [-0.15, -0.1) is 10.1 Å². The molecule has 0 aliphatic carbocycles. The number of hydroxylamine groups is 1. The average molecular weight is 149 g/mol. The lowest BCUT2D eigenvalue weighted by Gasteiger charge is -2.10. The summed E-state index contributed by atoms with van der Waals surface area (Å²) in [5, 5.41) is 20.2. The van der Waals surface area contributed by atoms with Crippen LogP contribution in [0.1, 0.15) is 0 Å². The van der Waals surface area contributed by atoms with Crippen LogP contribution < -0.4 is 10.8 Å². The van der Waals surface area contributed by atoms with Crippen LogP contribution in [0.2, 0.25) is 0 Å². The summed E-state index contributed by atoms with van der Waals surface area (Å²) in [6.45, 7) is -0.466. The Morgan fingerprint density at radius 1 is 1.90 bits per heavy atom. The number of carbonyl (C=O) groups excluding carboxylic acids is 1. The fraction of sp³-hybridized carbons (Fsp3) is 0.667. The molecular weight excluding hydrogens is 142 g/mol. The number of carboxylic acid groups (broad SMARTS) is 1. The van der Waals surface area contributed by atoms with Crippen LogP contribution in [0.25, 0.3) is 0 Å². The maximum atomic E-state index is 9.90. The molecule has 0 aromatic heterocycles. The van der Waals surface area contributed by atoms with Gasteiger partial charge in [0.15, 0.2) is 0 Å². The van der Waals surface area contributed by atoms with Crippen LogP contribution in [0.15, 0.2) is 5.29 Å². The van der Waals surface area contributed by atoms with Gasteiger partial charge in [-0.25, -0.2) is 0 Å². The molecular formula is C3H7N3O4. The molecule has 0 bridgehead atoms. The van der Waals surface area contributed by atoms with Crippen LogP contribution in [0.4, 0.5) is 0 Å². The normalized spacial score (nSPS) is 12.2. The van der Waals surface area contributed by atoms with E-state index in [1.807, 2.05) is 5.29 Å². The van der Waals surface area contributed by atoms with E-state index in [9.17, 15) is 14.8 Å². The highest BCUT2D eigenvalue weighted by atomic mass is 16.6. The summed E-state index contributed by atoms with van der Waals surface area (Å²) in [5.74, 6) is -1.44. The molecule has 0 saturated heterocycles. The summed E-state index contributed by atoms with van der Waals surface area (Å²) in [4.78, 5) is 19.3. The molecule has 0 radical (unpaired) electrons. The van der Waals surface area contributed by atoms with Gasteiger partial charge in [-0.2, -0.15) is 0 Å². The van der Waals surface area contributed by atoms with Crippen LogP contribution in [0.5, 0.6) is 0 Å². The molecule has 4 N–H and O–H groups in total. The van der Waals surface area contributed by atoms with Crippen molar-refractivity contribution < 1.29 is 20.8 Å². The zero-order chi connectivity index (χ0) is 8.15. The summed E-state index contributed by atoms with van der Waals surface area (Å²) in [5.41, 5.74) is 3.06. The van der Waals surface area contributed by atoms with Crippen LogP contribution in [0, 0.1) is 4.91 Å². The molecule has 0 amide bonds. The maximum Gasteiger partial charge on any atom is 0.147 e. The van der Waals surface area contributed by atoms with Gasteiger partial charge < -0.3 is 15.6 Å². The largest absolute Gasteiger partial charge is 0.544 e. The Morgan fingerprint density at radius 2 is 2.40 bits per heavy atom. The van der Waals surface area contributed by atoms with Crippen LogP contribution in [-0.2, 0) is 4.79 Å². The van der Waals surface area contributed by atoms with Gasteiger partial charge in [-0.1, -0.05) is 0 Å². The van der Waals surface area contributed by atoms with E-state index < -0.39 is 18.6 Å². The summed E-state index contributed by atoms with van der Waals surface area (Å²) < 4.78 is 0. The fourth-order valence-corrected chi connectivity index (χ4v) is 0.305. The van der Waals surface area contributed by atoms with Crippen molar-refractivity contribution in [3.8, 4) is 0 Å². The molecule has 0 aromatic carbocycles. The molecule has 1 atom stereocenters.